The average molecular weight is 442 g/mol. The van der Waals surface area contributed by atoms with Crippen LogP contribution in [0.1, 0.15) is 155 Å². The molecule has 0 amide bonds. The smallest absolute Gasteiger partial charge is 0.0689 e. The van der Waals surface area contributed by atoms with E-state index in [1.165, 1.54) is 141 Å². The molecular weight excluding hydrogens is 386 g/mol. The van der Waals surface area contributed by atoms with Crippen LogP contribution < -0.4 is 0 Å². The van der Waals surface area contributed by atoms with Gasteiger partial charge in [0.25, 0.3) is 0 Å². The second kappa shape index (κ2) is 14.0. The van der Waals surface area contributed by atoms with Gasteiger partial charge in [-0.2, -0.15) is 5.26 Å². The number of unbranched alkanes of at least 4 members (excludes halogenated alkanes) is 6. The quantitative estimate of drug-likeness (QED) is 0.276. The van der Waals surface area contributed by atoms with Crippen molar-refractivity contribution in [2.24, 2.45) is 35.0 Å². The molecule has 0 aromatic heterocycles. The predicted molar refractivity (Wildman–Crippen MR) is 138 cm³/mol. The predicted octanol–water partition coefficient (Wildman–Crippen LogP) is 10.2. The Morgan fingerprint density at radius 3 is 1.84 bits per heavy atom. The third-order valence-corrected chi connectivity index (χ3v) is 10.1. The second-order valence-electron chi connectivity index (χ2n) is 12.4. The molecule has 0 saturated heterocycles. The molecule has 0 spiro atoms. The van der Waals surface area contributed by atoms with E-state index in [-0.39, 0.29) is 5.41 Å². The first-order chi connectivity index (χ1) is 15.7. The van der Waals surface area contributed by atoms with E-state index in [0.29, 0.717) is 0 Å². The lowest BCUT2D eigenvalue weighted by atomic mass is 9.61. The maximum Gasteiger partial charge on any atom is 0.0689 e. The first kappa shape index (κ1) is 26.1. The molecule has 0 aromatic rings. The molecule has 0 aliphatic heterocycles. The molecular formula is C31H55N. The van der Waals surface area contributed by atoms with Crippen LogP contribution in [0.2, 0.25) is 0 Å². The summed E-state index contributed by atoms with van der Waals surface area (Å²) in [6, 6.07) is 2.83. The third kappa shape index (κ3) is 7.77. The highest BCUT2D eigenvalue weighted by Gasteiger charge is 2.40. The average Bonchev–Trinajstić information content (AvgIpc) is 2.85. The normalized spacial score (nSPS) is 36.0. The molecule has 3 aliphatic rings. The number of rotatable bonds is 12. The fraction of sp³-hybridized carbons (Fsp3) is 0.968. The Balaban J connectivity index is 1.36. The van der Waals surface area contributed by atoms with Gasteiger partial charge in [-0.25, -0.2) is 0 Å². The standard InChI is InChI=1S/C31H55N/c1-3-5-7-8-9-12-26-14-16-27(17-15-26)28-18-20-29(21-19-28)30-13-11-23-31(24-30,25-32)22-10-6-4-2/h26-30H,3-24H2,1-2H3/t26-,27-,28?,29?,30?,31?. The van der Waals surface area contributed by atoms with Crippen molar-refractivity contribution in [3.8, 4) is 6.07 Å². The van der Waals surface area contributed by atoms with E-state index < -0.39 is 0 Å². The summed E-state index contributed by atoms with van der Waals surface area (Å²) in [6.07, 6.45) is 31.0. The van der Waals surface area contributed by atoms with E-state index in [0.717, 1.165) is 29.6 Å². The molecule has 3 saturated carbocycles. The van der Waals surface area contributed by atoms with Gasteiger partial charge >= 0.3 is 0 Å². The van der Waals surface area contributed by atoms with Crippen LogP contribution in [0, 0.1) is 46.3 Å². The van der Waals surface area contributed by atoms with E-state index >= 15 is 0 Å². The molecule has 3 fully saturated rings. The topological polar surface area (TPSA) is 23.8 Å². The van der Waals surface area contributed by atoms with Gasteiger partial charge in [-0.15, -0.1) is 0 Å². The van der Waals surface area contributed by atoms with Gasteiger partial charge in [-0.3, -0.25) is 0 Å². The van der Waals surface area contributed by atoms with Crippen molar-refractivity contribution >= 4 is 0 Å². The van der Waals surface area contributed by atoms with E-state index in [1.807, 2.05) is 0 Å². The number of hydrogen-bond acceptors (Lipinski definition) is 1. The van der Waals surface area contributed by atoms with Gasteiger partial charge in [0.1, 0.15) is 0 Å². The lowest BCUT2D eigenvalue weighted by Gasteiger charge is -2.43. The van der Waals surface area contributed by atoms with Gasteiger partial charge in [0.15, 0.2) is 0 Å². The van der Waals surface area contributed by atoms with Crippen molar-refractivity contribution in [1.82, 2.24) is 0 Å². The molecule has 0 aromatic carbocycles. The molecule has 184 valence electrons. The minimum atomic E-state index is 0.0316. The maximum atomic E-state index is 10.0. The second-order valence-corrected chi connectivity index (χ2v) is 12.4. The van der Waals surface area contributed by atoms with Crippen LogP contribution in [0.15, 0.2) is 0 Å². The van der Waals surface area contributed by atoms with Crippen molar-refractivity contribution in [3.05, 3.63) is 0 Å². The van der Waals surface area contributed by atoms with Crippen molar-refractivity contribution in [2.75, 3.05) is 0 Å². The van der Waals surface area contributed by atoms with Crippen molar-refractivity contribution in [1.29, 1.82) is 5.26 Å². The Labute approximate surface area is 201 Å². The number of hydrogen-bond donors (Lipinski definition) is 0. The lowest BCUT2D eigenvalue weighted by Crippen LogP contribution is -2.34. The highest BCUT2D eigenvalue weighted by atomic mass is 14.5. The van der Waals surface area contributed by atoms with Crippen LogP contribution in [-0.4, -0.2) is 0 Å². The summed E-state index contributed by atoms with van der Waals surface area (Å²) in [6.45, 7) is 4.60. The minimum absolute atomic E-state index is 0.0316. The fourth-order valence-corrected chi connectivity index (χ4v) is 7.98. The van der Waals surface area contributed by atoms with Gasteiger partial charge in [-0.05, 0) is 87.4 Å². The summed E-state index contributed by atoms with van der Waals surface area (Å²) in [5.41, 5.74) is 0.0316. The Kier molecular flexibility index (Phi) is 11.4. The summed E-state index contributed by atoms with van der Waals surface area (Å²) in [5, 5.41) is 10.0. The van der Waals surface area contributed by atoms with Gasteiger partial charge in [0.05, 0.1) is 11.5 Å². The Bertz CT molecular complexity index is 531. The molecule has 2 atom stereocenters. The van der Waals surface area contributed by atoms with Crippen molar-refractivity contribution in [3.63, 3.8) is 0 Å². The summed E-state index contributed by atoms with van der Waals surface area (Å²) in [4.78, 5) is 0. The van der Waals surface area contributed by atoms with E-state index in [1.54, 1.807) is 0 Å². The van der Waals surface area contributed by atoms with Crippen LogP contribution in [0.25, 0.3) is 0 Å². The van der Waals surface area contributed by atoms with Crippen molar-refractivity contribution in [2.45, 2.75) is 155 Å². The van der Waals surface area contributed by atoms with Gasteiger partial charge in [0, 0.05) is 0 Å². The Hall–Kier alpha value is -0.510. The Morgan fingerprint density at radius 1 is 0.656 bits per heavy atom. The molecule has 2 unspecified atom stereocenters. The molecule has 1 nitrogen and oxygen atoms in total. The zero-order valence-electron chi connectivity index (χ0n) is 21.9. The van der Waals surface area contributed by atoms with Crippen molar-refractivity contribution < 1.29 is 0 Å². The number of nitrogens with zero attached hydrogens (tertiary/aromatic N) is 1. The van der Waals surface area contributed by atoms with E-state index in [4.69, 9.17) is 0 Å². The highest BCUT2D eigenvalue weighted by molar-refractivity contribution is 5.03. The van der Waals surface area contributed by atoms with Crippen LogP contribution in [0.3, 0.4) is 0 Å². The molecule has 0 radical (unpaired) electrons. The van der Waals surface area contributed by atoms with Gasteiger partial charge < -0.3 is 0 Å². The summed E-state index contributed by atoms with van der Waals surface area (Å²) in [7, 11) is 0. The molecule has 0 heterocycles. The van der Waals surface area contributed by atoms with Crippen LogP contribution >= 0.6 is 0 Å². The largest absolute Gasteiger partial charge is 0.198 e. The fourth-order valence-electron chi connectivity index (χ4n) is 7.98. The summed E-state index contributed by atoms with van der Waals surface area (Å²) < 4.78 is 0. The summed E-state index contributed by atoms with van der Waals surface area (Å²) in [5.74, 6) is 4.93. The molecule has 3 aliphatic carbocycles. The van der Waals surface area contributed by atoms with Gasteiger partial charge in [0.2, 0.25) is 0 Å². The first-order valence-corrected chi connectivity index (χ1v) is 15.1. The zero-order valence-corrected chi connectivity index (χ0v) is 21.9. The Morgan fingerprint density at radius 2 is 1.22 bits per heavy atom. The lowest BCUT2D eigenvalue weighted by molar-refractivity contribution is 0.0813. The monoisotopic (exact) mass is 441 g/mol. The molecule has 32 heavy (non-hydrogen) atoms. The van der Waals surface area contributed by atoms with Crippen LogP contribution in [0.4, 0.5) is 0 Å². The van der Waals surface area contributed by atoms with Gasteiger partial charge in [-0.1, -0.05) is 97.3 Å². The molecule has 1 heteroatoms. The highest BCUT2D eigenvalue weighted by Crippen LogP contribution is 2.50. The molecule has 3 rings (SSSR count). The van der Waals surface area contributed by atoms with E-state index in [2.05, 4.69) is 19.9 Å². The SMILES string of the molecule is CCCCCCC[C@H]1CC[C@H](C2CCC(C3CCCC(C#N)(CCCCC)C3)CC2)CC1. The first-order valence-electron chi connectivity index (χ1n) is 15.1. The van der Waals surface area contributed by atoms with Crippen LogP contribution in [0.5, 0.6) is 0 Å². The van der Waals surface area contributed by atoms with Crippen LogP contribution in [-0.2, 0) is 0 Å². The number of nitriles is 1. The molecule has 0 bridgehead atoms. The summed E-state index contributed by atoms with van der Waals surface area (Å²) >= 11 is 0. The minimum Gasteiger partial charge on any atom is -0.198 e. The molecule has 0 N–H and O–H groups in total. The maximum absolute atomic E-state index is 10.0. The zero-order chi connectivity index (χ0) is 22.7. The third-order valence-electron chi connectivity index (χ3n) is 10.1. The van der Waals surface area contributed by atoms with E-state index in [9.17, 15) is 5.26 Å².